The molecule has 1 aliphatic heterocycles. The van der Waals surface area contributed by atoms with Crippen LogP contribution in [0.1, 0.15) is 27.7 Å². The van der Waals surface area contributed by atoms with E-state index in [4.69, 9.17) is 25.7 Å². The number of carbonyl (C=O) groups is 1. The number of nitrogens with zero attached hydrogens (tertiary/aromatic N) is 2. The molecular weight excluding hydrogens is 460 g/mol. The lowest BCUT2D eigenvalue weighted by molar-refractivity contribution is 0.0971. The summed E-state index contributed by atoms with van der Waals surface area (Å²) in [5.74, 6) is 0.334. The number of halogens is 1. The van der Waals surface area contributed by atoms with E-state index in [0.717, 1.165) is 15.8 Å². The van der Waals surface area contributed by atoms with Crippen molar-refractivity contribution in [2.45, 2.75) is 6.04 Å². The summed E-state index contributed by atoms with van der Waals surface area (Å²) >= 11 is 7.46. The summed E-state index contributed by atoms with van der Waals surface area (Å²) in [5, 5.41) is 1.46. The smallest absolute Gasteiger partial charge is 0.297 e. The molecule has 1 unspecified atom stereocenters. The number of anilines is 1. The second-order valence-electron chi connectivity index (χ2n) is 7.63. The molecule has 0 bridgehead atoms. The molecule has 0 saturated heterocycles. The Morgan fingerprint density at radius 3 is 2.64 bits per heavy atom. The molecule has 0 aliphatic carbocycles. The number of methoxy groups -OCH3 is 1. The average molecular weight is 475 g/mol. The summed E-state index contributed by atoms with van der Waals surface area (Å²) in [6.45, 7) is 0. The van der Waals surface area contributed by atoms with Gasteiger partial charge in [-0.2, -0.15) is 0 Å². The lowest BCUT2D eigenvalue weighted by atomic mass is 9.99. The molecular formula is C25H15ClN2O4S. The van der Waals surface area contributed by atoms with Gasteiger partial charge in [-0.25, -0.2) is 4.98 Å². The molecule has 0 radical (unpaired) electrons. The standard InChI is InChI=1S/C25H15ClN2O4S/c1-31-15-10-11-17-19(12-15)33-25(27-17)28-21(13-6-8-14(26)9-7-13)20-22(29)16-4-2-3-5-18(16)32-23(20)24(28)30/h2-12,21H,1H3. The molecule has 2 aromatic heterocycles. The van der Waals surface area contributed by atoms with Gasteiger partial charge in [0, 0.05) is 5.02 Å². The Morgan fingerprint density at radius 1 is 1.06 bits per heavy atom. The van der Waals surface area contributed by atoms with Gasteiger partial charge in [-0.3, -0.25) is 14.5 Å². The molecule has 1 atom stereocenters. The quantitative estimate of drug-likeness (QED) is 0.329. The van der Waals surface area contributed by atoms with Crippen LogP contribution in [-0.2, 0) is 0 Å². The first-order chi connectivity index (χ1) is 16.0. The number of hydrogen-bond acceptors (Lipinski definition) is 6. The van der Waals surface area contributed by atoms with Crippen LogP contribution in [0.4, 0.5) is 5.13 Å². The number of fused-ring (bicyclic) bond motifs is 3. The maximum atomic E-state index is 13.7. The molecule has 33 heavy (non-hydrogen) atoms. The van der Waals surface area contributed by atoms with E-state index in [1.165, 1.54) is 16.2 Å². The fraction of sp³-hybridized carbons (Fsp3) is 0.0800. The van der Waals surface area contributed by atoms with Gasteiger partial charge in [0.25, 0.3) is 5.91 Å². The first-order valence-electron chi connectivity index (χ1n) is 10.1. The highest BCUT2D eigenvalue weighted by Gasteiger charge is 2.45. The van der Waals surface area contributed by atoms with Crippen LogP contribution < -0.4 is 15.1 Å². The van der Waals surface area contributed by atoms with Crippen LogP contribution in [0.5, 0.6) is 5.75 Å². The molecule has 0 spiro atoms. The monoisotopic (exact) mass is 474 g/mol. The average Bonchev–Trinajstić information content (AvgIpc) is 3.38. The number of benzene rings is 3. The number of rotatable bonds is 3. The van der Waals surface area contributed by atoms with Crippen molar-refractivity contribution < 1.29 is 13.9 Å². The number of amides is 1. The minimum Gasteiger partial charge on any atom is -0.497 e. The lowest BCUT2D eigenvalue weighted by Crippen LogP contribution is -2.29. The minimum absolute atomic E-state index is 0.0375. The second-order valence-corrected chi connectivity index (χ2v) is 9.08. The molecule has 5 aromatic rings. The third-order valence-corrected chi connectivity index (χ3v) is 7.02. The van der Waals surface area contributed by atoms with E-state index in [1.807, 2.05) is 30.3 Å². The van der Waals surface area contributed by atoms with Crippen molar-refractivity contribution in [1.29, 1.82) is 0 Å². The van der Waals surface area contributed by atoms with Crippen molar-refractivity contribution in [3.05, 3.63) is 98.9 Å². The van der Waals surface area contributed by atoms with Gasteiger partial charge in [0.1, 0.15) is 11.3 Å². The van der Waals surface area contributed by atoms with E-state index >= 15 is 0 Å². The molecule has 3 aromatic carbocycles. The van der Waals surface area contributed by atoms with Gasteiger partial charge >= 0.3 is 0 Å². The van der Waals surface area contributed by atoms with Crippen molar-refractivity contribution in [1.82, 2.24) is 4.98 Å². The van der Waals surface area contributed by atoms with Crippen LogP contribution in [0.15, 0.2) is 75.9 Å². The predicted molar refractivity (Wildman–Crippen MR) is 129 cm³/mol. The van der Waals surface area contributed by atoms with Gasteiger partial charge in [-0.1, -0.05) is 47.2 Å². The molecule has 0 fully saturated rings. The van der Waals surface area contributed by atoms with E-state index in [9.17, 15) is 9.59 Å². The Labute approximate surface area is 196 Å². The highest BCUT2D eigenvalue weighted by atomic mass is 35.5. The van der Waals surface area contributed by atoms with Gasteiger partial charge < -0.3 is 9.15 Å². The highest BCUT2D eigenvalue weighted by Crippen LogP contribution is 2.44. The maximum Gasteiger partial charge on any atom is 0.297 e. The molecule has 3 heterocycles. The van der Waals surface area contributed by atoms with E-state index in [2.05, 4.69) is 0 Å². The minimum atomic E-state index is -0.687. The fourth-order valence-corrected chi connectivity index (χ4v) is 5.35. The summed E-state index contributed by atoms with van der Waals surface area (Å²) in [5.41, 5.74) is 1.92. The van der Waals surface area contributed by atoms with E-state index in [0.29, 0.717) is 32.4 Å². The van der Waals surface area contributed by atoms with Gasteiger partial charge in [0.2, 0.25) is 5.76 Å². The Kier molecular flexibility index (Phi) is 4.50. The van der Waals surface area contributed by atoms with Gasteiger partial charge in [0.05, 0.1) is 34.3 Å². The van der Waals surface area contributed by atoms with Crippen LogP contribution in [0.25, 0.3) is 21.2 Å². The Hall–Kier alpha value is -3.68. The Morgan fingerprint density at radius 2 is 1.85 bits per heavy atom. The largest absolute Gasteiger partial charge is 0.497 e. The molecule has 6 nitrogen and oxygen atoms in total. The van der Waals surface area contributed by atoms with Crippen LogP contribution >= 0.6 is 22.9 Å². The Balaban J connectivity index is 1.62. The van der Waals surface area contributed by atoms with Gasteiger partial charge in [0.15, 0.2) is 10.6 Å². The highest BCUT2D eigenvalue weighted by molar-refractivity contribution is 7.22. The summed E-state index contributed by atoms with van der Waals surface area (Å²) in [7, 11) is 1.60. The number of aromatic nitrogens is 1. The lowest BCUT2D eigenvalue weighted by Gasteiger charge is -2.22. The molecule has 1 amide bonds. The summed E-state index contributed by atoms with van der Waals surface area (Å²) in [4.78, 5) is 33.4. The van der Waals surface area contributed by atoms with Crippen molar-refractivity contribution in [3.8, 4) is 5.75 Å². The molecule has 162 valence electrons. The predicted octanol–water partition coefficient (Wildman–Crippen LogP) is 5.81. The zero-order chi connectivity index (χ0) is 22.7. The number of hydrogen-bond donors (Lipinski definition) is 0. The van der Waals surface area contributed by atoms with Crippen LogP contribution in [0.3, 0.4) is 0 Å². The van der Waals surface area contributed by atoms with E-state index in [1.54, 1.807) is 43.5 Å². The fourth-order valence-electron chi connectivity index (χ4n) is 4.20. The second kappa shape index (κ2) is 7.43. The topological polar surface area (TPSA) is 72.6 Å². The normalized spacial score (nSPS) is 15.4. The zero-order valence-electron chi connectivity index (χ0n) is 17.2. The summed E-state index contributed by atoms with van der Waals surface area (Å²) < 4.78 is 12.2. The van der Waals surface area contributed by atoms with Crippen molar-refractivity contribution >= 4 is 55.2 Å². The van der Waals surface area contributed by atoms with Gasteiger partial charge in [-0.15, -0.1) is 0 Å². The molecule has 6 rings (SSSR count). The first kappa shape index (κ1) is 20.0. The Bertz CT molecular complexity index is 1620. The SMILES string of the molecule is COc1ccc2nc(N3C(=O)c4oc5ccccc5c(=O)c4C3c3ccc(Cl)cc3)sc2c1. The molecule has 0 N–H and O–H groups in total. The van der Waals surface area contributed by atoms with Gasteiger partial charge in [-0.05, 0) is 48.0 Å². The summed E-state index contributed by atoms with van der Waals surface area (Å²) in [6, 6.07) is 18.9. The van der Waals surface area contributed by atoms with Crippen LogP contribution in [-0.4, -0.2) is 18.0 Å². The third-order valence-electron chi connectivity index (χ3n) is 5.75. The zero-order valence-corrected chi connectivity index (χ0v) is 18.8. The maximum absolute atomic E-state index is 13.7. The van der Waals surface area contributed by atoms with Crippen molar-refractivity contribution in [2.75, 3.05) is 12.0 Å². The van der Waals surface area contributed by atoms with Crippen molar-refractivity contribution in [3.63, 3.8) is 0 Å². The van der Waals surface area contributed by atoms with Crippen LogP contribution in [0, 0.1) is 0 Å². The molecule has 8 heteroatoms. The number of ether oxygens (including phenoxy) is 1. The van der Waals surface area contributed by atoms with Crippen molar-refractivity contribution in [2.24, 2.45) is 0 Å². The number of para-hydroxylation sites is 1. The molecule has 1 aliphatic rings. The molecule has 0 saturated carbocycles. The summed E-state index contributed by atoms with van der Waals surface area (Å²) in [6.07, 6.45) is 0. The number of carbonyl (C=O) groups excluding carboxylic acids is 1. The van der Waals surface area contributed by atoms with E-state index < -0.39 is 11.9 Å². The number of thiazole rings is 1. The third kappa shape index (κ3) is 3.04. The van der Waals surface area contributed by atoms with E-state index in [-0.39, 0.29) is 11.2 Å². The first-order valence-corrected chi connectivity index (χ1v) is 11.3. The van der Waals surface area contributed by atoms with Crippen LogP contribution in [0.2, 0.25) is 5.02 Å².